The van der Waals surface area contributed by atoms with E-state index in [-0.39, 0.29) is 11.7 Å². The molecule has 1 fully saturated rings. The first-order chi connectivity index (χ1) is 11.6. The Morgan fingerprint density at radius 2 is 1.96 bits per heavy atom. The molecule has 8 heteroatoms. The quantitative estimate of drug-likeness (QED) is 0.630. The summed E-state index contributed by atoms with van der Waals surface area (Å²) in [4.78, 5) is 26.1. The number of carbonyl (C=O) groups excluding carboxylic acids is 1. The van der Waals surface area contributed by atoms with Crippen LogP contribution in [0.1, 0.15) is 10.6 Å². The van der Waals surface area contributed by atoms with Crippen molar-refractivity contribution in [3.63, 3.8) is 0 Å². The lowest BCUT2D eigenvalue weighted by atomic mass is 10.2. The predicted octanol–water partition coefficient (Wildman–Crippen LogP) is 2.16. The lowest BCUT2D eigenvalue weighted by molar-refractivity contribution is -0.402. The second kappa shape index (κ2) is 6.61. The first kappa shape index (κ1) is 15.9. The molecule has 2 aromatic rings. The molecule has 0 N–H and O–H groups in total. The largest absolute Gasteiger partial charge is 0.497 e. The zero-order chi connectivity index (χ0) is 17.1. The van der Waals surface area contributed by atoms with Gasteiger partial charge in [0.1, 0.15) is 10.7 Å². The Morgan fingerprint density at radius 1 is 1.21 bits per heavy atom. The number of amides is 1. The van der Waals surface area contributed by atoms with Gasteiger partial charge in [-0.25, -0.2) is 0 Å². The first-order valence-corrected chi connectivity index (χ1v) is 7.51. The number of nitro groups is 1. The molecular formula is C16H17N3O5. The number of carbonyl (C=O) groups is 1. The molecule has 0 spiro atoms. The van der Waals surface area contributed by atoms with Gasteiger partial charge < -0.3 is 19.0 Å². The number of furan rings is 1. The summed E-state index contributed by atoms with van der Waals surface area (Å²) in [5, 5.41) is 10.6. The van der Waals surface area contributed by atoms with Crippen molar-refractivity contribution in [2.24, 2.45) is 0 Å². The van der Waals surface area contributed by atoms with Crippen LogP contribution in [-0.4, -0.2) is 49.0 Å². The van der Waals surface area contributed by atoms with Crippen molar-refractivity contribution in [1.29, 1.82) is 0 Å². The van der Waals surface area contributed by atoms with Crippen LogP contribution in [0.2, 0.25) is 0 Å². The van der Waals surface area contributed by atoms with Gasteiger partial charge in [0.05, 0.1) is 13.2 Å². The molecule has 1 aliphatic rings. The van der Waals surface area contributed by atoms with E-state index in [1.807, 2.05) is 24.3 Å². The minimum atomic E-state index is -0.655. The molecule has 0 bridgehead atoms. The standard InChI is InChI=1S/C16H17N3O5/c1-23-13-4-2-3-12(11-13)17-7-9-18(10-8-17)16(20)14-5-6-15(24-14)19(21)22/h2-6,11H,7-10H2,1H3. The van der Waals surface area contributed by atoms with E-state index in [0.29, 0.717) is 26.2 Å². The van der Waals surface area contributed by atoms with Gasteiger partial charge in [0.2, 0.25) is 0 Å². The summed E-state index contributed by atoms with van der Waals surface area (Å²) >= 11 is 0. The predicted molar refractivity (Wildman–Crippen MR) is 86.5 cm³/mol. The summed E-state index contributed by atoms with van der Waals surface area (Å²) in [5.41, 5.74) is 1.04. The molecule has 1 saturated heterocycles. The molecule has 0 unspecified atom stereocenters. The molecule has 0 radical (unpaired) electrons. The number of rotatable bonds is 4. The second-order valence-electron chi connectivity index (χ2n) is 5.38. The van der Waals surface area contributed by atoms with E-state index in [0.717, 1.165) is 11.4 Å². The van der Waals surface area contributed by atoms with Crippen molar-refractivity contribution in [2.75, 3.05) is 38.2 Å². The number of nitrogens with zero attached hydrogens (tertiary/aromatic N) is 3. The Labute approximate surface area is 138 Å². The molecular weight excluding hydrogens is 314 g/mol. The maximum Gasteiger partial charge on any atom is 0.433 e. The van der Waals surface area contributed by atoms with Crippen LogP contribution in [0.25, 0.3) is 0 Å². The molecule has 1 amide bonds. The van der Waals surface area contributed by atoms with Gasteiger partial charge in [-0.1, -0.05) is 6.07 Å². The molecule has 0 aliphatic carbocycles. The van der Waals surface area contributed by atoms with Crippen molar-refractivity contribution in [3.8, 4) is 5.75 Å². The molecule has 1 aromatic heterocycles. The van der Waals surface area contributed by atoms with Crippen LogP contribution < -0.4 is 9.64 Å². The number of anilines is 1. The van der Waals surface area contributed by atoms with Gasteiger partial charge in [0.15, 0.2) is 5.76 Å². The molecule has 0 saturated carbocycles. The summed E-state index contributed by atoms with van der Waals surface area (Å²) in [6, 6.07) is 10.3. The number of hydrogen-bond acceptors (Lipinski definition) is 6. The van der Waals surface area contributed by atoms with E-state index in [9.17, 15) is 14.9 Å². The maximum absolute atomic E-state index is 12.4. The molecule has 1 aliphatic heterocycles. The SMILES string of the molecule is COc1cccc(N2CCN(C(=O)c3ccc([N+](=O)[O-])o3)CC2)c1. The van der Waals surface area contributed by atoms with Crippen LogP contribution in [0.5, 0.6) is 5.75 Å². The fraction of sp³-hybridized carbons (Fsp3) is 0.312. The van der Waals surface area contributed by atoms with Crippen molar-refractivity contribution in [2.45, 2.75) is 0 Å². The monoisotopic (exact) mass is 331 g/mol. The highest BCUT2D eigenvalue weighted by atomic mass is 16.6. The average Bonchev–Trinajstić information content (AvgIpc) is 3.12. The molecule has 2 heterocycles. The zero-order valence-corrected chi connectivity index (χ0v) is 13.2. The summed E-state index contributed by atoms with van der Waals surface area (Å²) < 4.78 is 10.2. The van der Waals surface area contributed by atoms with Gasteiger partial charge in [-0.3, -0.25) is 14.9 Å². The molecule has 3 rings (SSSR count). The summed E-state index contributed by atoms with van der Waals surface area (Å²) in [6.45, 7) is 2.37. The van der Waals surface area contributed by atoms with Gasteiger partial charge in [0, 0.05) is 37.9 Å². The molecule has 8 nitrogen and oxygen atoms in total. The highest BCUT2D eigenvalue weighted by molar-refractivity contribution is 5.92. The molecule has 0 atom stereocenters. The summed E-state index contributed by atoms with van der Waals surface area (Å²) in [7, 11) is 1.62. The third-order valence-corrected chi connectivity index (χ3v) is 3.97. The fourth-order valence-corrected chi connectivity index (χ4v) is 2.67. The maximum atomic E-state index is 12.4. The normalized spacial score (nSPS) is 14.5. The second-order valence-corrected chi connectivity index (χ2v) is 5.38. The number of ether oxygens (including phenoxy) is 1. The van der Waals surface area contributed by atoms with Crippen molar-refractivity contribution in [1.82, 2.24) is 4.90 Å². The fourth-order valence-electron chi connectivity index (χ4n) is 2.67. The lowest BCUT2D eigenvalue weighted by Gasteiger charge is -2.35. The number of methoxy groups -OCH3 is 1. The zero-order valence-electron chi connectivity index (χ0n) is 13.2. The van der Waals surface area contributed by atoms with Gasteiger partial charge in [-0.2, -0.15) is 0 Å². The molecule has 126 valence electrons. The highest BCUT2D eigenvalue weighted by Gasteiger charge is 2.26. The Kier molecular flexibility index (Phi) is 4.37. The van der Waals surface area contributed by atoms with Gasteiger partial charge in [-0.15, -0.1) is 0 Å². The smallest absolute Gasteiger partial charge is 0.433 e. The average molecular weight is 331 g/mol. The van der Waals surface area contributed by atoms with Crippen LogP contribution in [0.4, 0.5) is 11.6 Å². The van der Waals surface area contributed by atoms with E-state index in [4.69, 9.17) is 9.15 Å². The number of benzene rings is 1. The van der Waals surface area contributed by atoms with Crippen molar-refractivity contribution >= 4 is 17.5 Å². The van der Waals surface area contributed by atoms with Crippen LogP contribution in [0, 0.1) is 10.1 Å². The van der Waals surface area contributed by atoms with Crippen LogP contribution in [0.3, 0.4) is 0 Å². The lowest BCUT2D eigenvalue weighted by Crippen LogP contribution is -2.48. The topological polar surface area (TPSA) is 89.1 Å². The molecule has 1 aromatic carbocycles. The highest BCUT2D eigenvalue weighted by Crippen LogP contribution is 2.23. The van der Waals surface area contributed by atoms with E-state index in [1.54, 1.807) is 12.0 Å². The minimum Gasteiger partial charge on any atom is -0.497 e. The van der Waals surface area contributed by atoms with E-state index < -0.39 is 10.8 Å². The van der Waals surface area contributed by atoms with Crippen LogP contribution >= 0.6 is 0 Å². The van der Waals surface area contributed by atoms with Gasteiger partial charge >= 0.3 is 5.88 Å². The first-order valence-electron chi connectivity index (χ1n) is 7.51. The Balaban J connectivity index is 1.63. The Morgan fingerprint density at radius 3 is 2.58 bits per heavy atom. The van der Waals surface area contributed by atoms with E-state index >= 15 is 0 Å². The molecule has 24 heavy (non-hydrogen) atoms. The summed E-state index contributed by atoms with van der Waals surface area (Å²) in [6.07, 6.45) is 0. The van der Waals surface area contributed by atoms with Gasteiger partial charge in [0.25, 0.3) is 5.91 Å². The van der Waals surface area contributed by atoms with E-state index in [2.05, 4.69) is 4.90 Å². The van der Waals surface area contributed by atoms with Gasteiger partial charge in [-0.05, 0) is 18.2 Å². The Hall–Kier alpha value is -3.03. The number of piperazine rings is 1. The number of hydrogen-bond donors (Lipinski definition) is 0. The van der Waals surface area contributed by atoms with Crippen LogP contribution in [0.15, 0.2) is 40.8 Å². The van der Waals surface area contributed by atoms with E-state index in [1.165, 1.54) is 12.1 Å². The third-order valence-electron chi connectivity index (χ3n) is 3.97. The van der Waals surface area contributed by atoms with Crippen molar-refractivity contribution in [3.05, 3.63) is 52.3 Å². The Bertz CT molecular complexity index is 750. The van der Waals surface area contributed by atoms with Crippen molar-refractivity contribution < 1.29 is 18.9 Å². The third kappa shape index (κ3) is 3.17. The van der Waals surface area contributed by atoms with Crippen LogP contribution in [-0.2, 0) is 0 Å². The minimum absolute atomic E-state index is 0.00321. The summed E-state index contributed by atoms with van der Waals surface area (Å²) in [5.74, 6) is 0.0344.